The van der Waals surface area contributed by atoms with Gasteiger partial charge in [0.1, 0.15) is 0 Å². The molecule has 0 aromatic heterocycles. The number of nitrogens with zero attached hydrogens (tertiary/aromatic N) is 1. The smallest absolute Gasteiger partial charge is 0.0485 e. The summed E-state index contributed by atoms with van der Waals surface area (Å²) in [7, 11) is 0. The highest BCUT2D eigenvalue weighted by atomic mass is 79.9. The van der Waals surface area contributed by atoms with Crippen LogP contribution in [-0.2, 0) is 5.88 Å². The van der Waals surface area contributed by atoms with Crippen LogP contribution in [0.4, 0.5) is 5.69 Å². The number of hydrogen-bond acceptors (Lipinski definition) is 1. The lowest BCUT2D eigenvalue weighted by molar-refractivity contribution is 0.618. The highest BCUT2D eigenvalue weighted by Gasteiger charge is 2.08. The molecule has 0 fully saturated rings. The van der Waals surface area contributed by atoms with Crippen molar-refractivity contribution in [3.8, 4) is 0 Å². The van der Waals surface area contributed by atoms with Crippen molar-refractivity contribution in [2.45, 2.75) is 26.7 Å². The minimum atomic E-state index is 0.553. The van der Waals surface area contributed by atoms with E-state index in [0.29, 0.717) is 11.8 Å². The number of anilines is 1. The second-order valence-corrected chi connectivity index (χ2v) is 5.46. The fourth-order valence-corrected chi connectivity index (χ4v) is 2.60. The van der Waals surface area contributed by atoms with Gasteiger partial charge in [-0.15, -0.1) is 11.6 Å². The van der Waals surface area contributed by atoms with Crippen LogP contribution in [0.1, 0.15) is 26.3 Å². The Morgan fingerprint density at radius 3 is 2.50 bits per heavy atom. The van der Waals surface area contributed by atoms with Crippen LogP contribution < -0.4 is 4.90 Å². The van der Waals surface area contributed by atoms with E-state index in [0.717, 1.165) is 23.1 Å². The molecule has 16 heavy (non-hydrogen) atoms. The molecule has 0 radical (unpaired) electrons. The van der Waals surface area contributed by atoms with Gasteiger partial charge in [-0.25, -0.2) is 0 Å². The number of alkyl halides is 1. The Balaban J connectivity index is 2.89. The average molecular weight is 305 g/mol. The first-order valence-corrected chi connectivity index (χ1v) is 7.00. The maximum atomic E-state index is 5.84. The maximum absolute atomic E-state index is 5.84. The van der Waals surface area contributed by atoms with Crippen molar-refractivity contribution >= 4 is 33.2 Å². The van der Waals surface area contributed by atoms with Crippen LogP contribution in [0, 0.1) is 5.92 Å². The molecule has 1 aromatic rings. The van der Waals surface area contributed by atoms with Gasteiger partial charge in [0.2, 0.25) is 0 Å². The normalized spacial score (nSPS) is 10.9. The average Bonchev–Trinajstić information content (AvgIpc) is 2.25. The van der Waals surface area contributed by atoms with Gasteiger partial charge in [0, 0.05) is 29.1 Å². The molecule has 1 aromatic carbocycles. The molecule has 0 unspecified atom stereocenters. The van der Waals surface area contributed by atoms with Crippen LogP contribution in [0.2, 0.25) is 0 Å². The molecule has 0 atom stereocenters. The van der Waals surface area contributed by atoms with E-state index in [1.165, 1.54) is 5.69 Å². The van der Waals surface area contributed by atoms with Gasteiger partial charge in [0.15, 0.2) is 0 Å². The Bertz CT molecular complexity index is 339. The summed E-state index contributed by atoms with van der Waals surface area (Å²) in [5.41, 5.74) is 2.41. The topological polar surface area (TPSA) is 3.24 Å². The van der Waals surface area contributed by atoms with E-state index in [9.17, 15) is 0 Å². The SMILES string of the molecule is CCN(CC(C)C)c1ccc(CCl)c(Br)c1. The summed E-state index contributed by atoms with van der Waals surface area (Å²) >= 11 is 9.40. The van der Waals surface area contributed by atoms with Gasteiger partial charge in [-0.1, -0.05) is 35.8 Å². The number of halogens is 2. The molecule has 0 heterocycles. The first-order chi connectivity index (χ1) is 7.58. The van der Waals surface area contributed by atoms with Crippen LogP contribution >= 0.6 is 27.5 Å². The molecule has 0 aliphatic carbocycles. The van der Waals surface area contributed by atoms with Crippen molar-refractivity contribution in [1.29, 1.82) is 0 Å². The van der Waals surface area contributed by atoms with E-state index in [2.05, 4.69) is 59.8 Å². The third-order valence-corrected chi connectivity index (χ3v) is 3.54. The Labute approximate surface area is 112 Å². The van der Waals surface area contributed by atoms with Crippen molar-refractivity contribution < 1.29 is 0 Å². The molecule has 0 saturated heterocycles. The van der Waals surface area contributed by atoms with Gasteiger partial charge < -0.3 is 4.90 Å². The molecule has 3 heteroatoms. The summed E-state index contributed by atoms with van der Waals surface area (Å²) in [4.78, 5) is 2.38. The van der Waals surface area contributed by atoms with Gasteiger partial charge in [-0.05, 0) is 30.5 Å². The summed E-state index contributed by atoms with van der Waals surface area (Å²) in [6.07, 6.45) is 0. The Kier molecular flexibility index (Phi) is 5.63. The molecular weight excluding hydrogens is 286 g/mol. The molecule has 0 saturated carbocycles. The minimum absolute atomic E-state index is 0.553. The molecule has 0 spiro atoms. The van der Waals surface area contributed by atoms with Crippen LogP contribution in [0.5, 0.6) is 0 Å². The van der Waals surface area contributed by atoms with E-state index in [-0.39, 0.29) is 0 Å². The second-order valence-electron chi connectivity index (χ2n) is 4.34. The molecule has 1 nitrogen and oxygen atoms in total. The van der Waals surface area contributed by atoms with Crippen LogP contribution in [0.15, 0.2) is 22.7 Å². The summed E-state index contributed by atoms with van der Waals surface area (Å²) in [5, 5.41) is 0. The van der Waals surface area contributed by atoms with Crippen molar-refractivity contribution in [2.24, 2.45) is 5.92 Å². The quantitative estimate of drug-likeness (QED) is 0.715. The van der Waals surface area contributed by atoms with Gasteiger partial charge in [0.25, 0.3) is 0 Å². The zero-order valence-corrected chi connectivity index (χ0v) is 12.5. The molecule has 0 bridgehead atoms. The molecule has 0 aliphatic rings. The fourth-order valence-electron chi connectivity index (χ4n) is 1.70. The zero-order chi connectivity index (χ0) is 12.1. The minimum Gasteiger partial charge on any atom is -0.372 e. The maximum Gasteiger partial charge on any atom is 0.0485 e. The third kappa shape index (κ3) is 3.67. The van der Waals surface area contributed by atoms with E-state index < -0.39 is 0 Å². The van der Waals surface area contributed by atoms with Gasteiger partial charge in [0.05, 0.1) is 0 Å². The first-order valence-electron chi connectivity index (χ1n) is 5.67. The summed E-state index contributed by atoms with van der Waals surface area (Å²) in [5.74, 6) is 1.23. The van der Waals surface area contributed by atoms with Crippen molar-refractivity contribution in [1.82, 2.24) is 0 Å². The van der Waals surface area contributed by atoms with Crippen LogP contribution in [0.25, 0.3) is 0 Å². The van der Waals surface area contributed by atoms with E-state index in [1.54, 1.807) is 0 Å². The van der Waals surface area contributed by atoms with Crippen molar-refractivity contribution in [3.63, 3.8) is 0 Å². The number of benzene rings is 1. The molecule has 1 rings (SSSR count). The lowest BCUT2D eigenvalue weighted by Crippen LogP contribution is -2.27. The first kappa shape index (κ1) is 13.9. The fraction of sp³-hybridized carbons (Fsp3) is 0.538. The van der Waals surface area contributed by atoms with Crippen molar-refractivity contribution in [2.75, 3.05) is 18.0 Å². The van der Waals surface area contributed by atoms with Crippen LogP contribution in [-0.4, -0.2) is 13.1 Å². The zero-order valence-electron chi connectivity index (χ0n) is 10.1. The molecular formula is C13H19BrClN. The number of rotatable bonds is 5. The summed E-state index contributed by atoms with van der Waals surface area (Å²) < 4.78 is 1.10. The lowest BCUT2D eigenvalue weighted by Gasteiger charge is -2.25. The Morgan fingerprint density at radius 2 is 2.06 bits per heavy atom. The Hall–Kier alpha value is -0.210. The monoisotopic (exact) mass is 303 g/mol. The largest absolute Gasteiger partial charge is 0.372 e. The summed E-state index contributed by atoms with van der Waals surface area (Å²) in [6.45, 7) is 8.79. The standard InChI is InChI=1S/C13H19BrClN/c1-4-16(9-10(2)3)12-6-5-11(8-15)13(14)7-12/h5-7,10H,4,8-9H2,1-3H3. The molecule has 0 amide bonds. The third-order valence-electron chi connectivity index (χ3n) is 2.51. The highest BCUT2D eigenvalue weighted by molar-refractivity contribution is 9.10. The predicted molar refractivity (Wildman–Crippen MR) is 76.4 cm³/mol. The van der Waals surface area contributed by atoms with Gasteiger partial charge in [-0.3, -0.25) is 0 Å². The van der Waals surface area contributed by atoms with Gasteiger partial charge >= 0.3 is 0 Å². The molecule has 0 N–H and O–H groups in total. The Morgan fingerprint density at radius 1 is 1.38 bits per heavy atom. The van der Waals surface area contributed by atoms with Gasteiger partial charge in [-0.2, -0.15) is 0 Å². The second kappa shape index (κ2) is 6.51. The molecule has 0 aliphatic heterocycles. The highest BCUT2D eigenvalue weighted by Crippen LogP contribution is 2.25. The van der Waals surface area contributed by atoms with E-state index in [4.69, 9.17) is 11.6 Å². The number of hydrogen-bond donors (Lipinski definition) is 0. The predicted octanol–water partition coefficient (Wildman–Crippen LogP) is 4.67. The van der Waals surface area contributed by atoms with Crippen LogP contribution in [0.3, 0.4) is 0 Å². The lowest BCUT2D eigenvalue weighted by atomic mass is 10.1. The van der Waals surface area contributed by atoms with Crippen molar-refractivity contribution in [3.05, 3.63) is 28.2 Å². The molecule has 90 valence electrons. The van der Waals surface area contributed by atoms with E-state index in [1.807, 2.05) is 0 Å². The van der Waals surface area contributed by atoms with E-state index >= 15 is 0 Å². The summed E-state index contributed by atoms with van der Waals surface area (Å²) in [6, 6.07) is 6.40.